The molecule has 4 aromatic heterocycles. The van der Waals surface area contributed by atoms with Crippen LogP contribution in [-0.2, 0) is 13.1 Å². The van der Waals surface area contributed by atoms with Crippen LogP contribution in [0.3, 0.4) is 0 Å². The lowest BCUT2D eigenvalue weighted by Gasteiger charge is -2.12. The van der Waals surface area contributed by atoms with E-state index in [9.17, 15) is 0 Å². The molecule has 0 saturated carbocycles. The number of rotatable bonds is 6. The Morgan fingerprint density at radius 2 is 2.00 bits per heavy atom. The van der Waals surface area contributed by atoms with Crippen LogP contribution in [0.1, 0.15) is 22.2 Å². The molecule has 0 fully saturated rings. The molecule has 4 heterocycles. The molecular weight excluding hydrogens is 362 g/mol. The van der Waals surface area contributed by atoms with E-state index in [-0.39, 0.29) is 0 Å². The van der Waals surface area contributed by atoms with Gasteiger partial charge in [-0.25, -0.2) is 4.98 Å². The van der Waals surface area contributed by atoms with Crippen LogP contribution in [0.15, 0.2) is 45.6 Å². The average Bonchev–Trinajstić information content (AvgIpc) is 3.37. The Hall–Kier alpha value is -2.84. The number of nitrogens with zero attached hydrogens (tertiary/aromatic N) is 5. The fourth-order valence-electron chi connectivity index (χ4n) is 2.70. The van der Waals surface area contributed by atoms with Gasteiger partial charge in [0.15, 0.2) is 0 Å². The summed E-state index contributed by atoms with van der Waals surface area (Å²) in [7, 11) is 1.98. The van der Waals surface area contributed by atoms with Gasteiger partial charge in [-0.1, -0.05) is 5.16 Å². The maximum Gasteiger partial charge on any atom is 0.241 e. The summed E-state index contributed by atoms with van der Waals surface area (Å²) in [6.45, 7) is 5.16. The Labute approximate surface area is 160 Å². The van der Waals surface area contributed by atoms with Gasteiger partial charge in [0.1, 0.15) is 5.76 Å². The van der Waals surface area contributed by atoms with Gasteiger partial charge >= 0.3 is 0 Å². The predicted molar refractivity (Wildman–Crippen MR) is 102 cm³/mol. The number of aryl methyl sites for hydroxylation is 2. The number of pyridine rings is 1. The summed E-state index contributed by atoms with van der Waals surface area (Å²) >= 11 is 1.68. The zero-order valence-electron chi connectivity index (χ0n) is 15.3. The standard InChI is InChI=1S/C19H19N5O2S/c1-12-6-7-16(27-12)19-21-15(13(2)25-19)10-24(3)11-17-22-18(23-26-17)14-5-4-8-20-9-14/h4-9H,10-11H2,1-3H3. The predicted octanol–water partition coefficient (Wildman–Crippen LogP) is 4.10. The van der Waals surface area contributed by atoms with Gasteiger partial charge in [-0.15, -0.1) is 11.3 Å². The Kier molecular flexibility index (Phi) is 4.83. The molecule has 27 heavy (non-hydrogen) atoms. The zero-order valence-corrected chi connectivity index (χ0v) is 16.2. The third-order valence-corrected chi connectivity index (χ3v) is 5.05. The second-order valence-corrected chi connectivity index (χ2v) is 7.65. The molecule has 0 saturated heterocycles. The molecule has 0 N–H and O–H groups in total. The van der Waals surface area contributed by atoms with E-state index in [1.54, 1.807) is 23.7 Å². The van der Waals surface area contributed by atoms with Crippen LogP contribution in [0.4, 0.5) is 0 Å². The minimum Gasteiger partial charge on any atom is -0.440 e. The Bertz CT molecular complexity index is 1040. The van der Waals surface area contributed by atoms with Crippen molar-refractivity contribution >= 4 is 11.3 Å². The zero-order chi connectivity index (χ0) is 18.8. The summed E-state index contributed by atoms with van der Waals surface area (Å²) in [6.07, 6.45) is 3.43. The minimum absolute atomic E-state index is 0.521. The van der Waals surface area contributed by atoms with Crippen LogP contribution in [0, 0.1) is 13.8 Å². The Balaban J connectivity index is 1.43. The van der Waals surface area contributed by atoms with Crippen molar-refractivity contribution in [3.05, 3.63) is 58.9 Å². The van der Waals surface area contributed by atoms with E-state index in [2.05, 4.69) is 38.0 Å². The molecule has 4 aromatic rings. The molecular formula is C19H19N5O2S. The maximum atomic E-state index is 5.84. The van der Waals surface area contributed by atoms with Gasteiger partial charge in [0.25, 0.3) is 0 Å². The van der Waals surface area contributed by atoms with Crippen LogP contribution < -0.4 is 0 Å². The topological polar surface area (TPSA) is 81.1 Å². The van der Waals surface area contributed by atoms with E-state index in [0.29, 0.717) is 30.7 Å². The van der Waals surface area contributed by atoms with Crippen molar-refractivity contribution in [2.75, 3.05) is 7.05 Å². The highest BCUT2D eigenvalue weighted by Crippen LogP contribution is 2.29. The molecule has 0 aliphatic rings. The van der Waals surface area contributed by atoms with Crippen molar-refractivity contribution in [1.29, 1.82) is 0 Å². The first-order chi connectivity index (χ1) is 13.1. The largest absolute Gasteiger partial charge is 0.440 e. The van der Waals surface area contributed by atoms with Gasteiger partial charge in [0.05, 0.1) is 17.1 Å². The fraction of sp³-hybridized carbons (Fsp3) is 0.263. The van der Waals surface area contributed by atoms with Crippen LogP contribution in [0.2, 0.25) is 0 Å². The van der Waals surface area contributed by atoms with Gasteiger partial charge in [-0.05, 0) is 45.2 Å². The quantitative estimate of drug-likeness (QED) is 0.497. The van der Waals surface area contributed by atoms with Crippen molar-refractivity contribution in [2.45, 2.75) is 26.9 Å². The molecule has 138 valence electrons. The highest BCUT2D eigenvalue weighted by molar-refractivity contribution is 7.15. The van der Waals surface area contributed by atoms with Crippen molar-refractivity contribution in [2.24, 2.45) is 0 Å². The summed E-state index contributed by atoms with van der Waals surface area (Å²) in [4.78, 5) is 17.5. The summed E-state index contributed by atoms with van der Waals surface area (Å²) in [6, 6.07) is 7.85. The molecule has 0 bridgehead atoms. The average molecular weight is 381 g/mol. The second-order valence-electron chi connectivity index (χ2n) is 6.36. The molecule has 8 heteroatoms. The molecule has 7 nitrogen and oxygen atoms in total. The van der Waals surface area contributed by atoms with E-state index >= 15 is 0 Å². The molecule has 0 unspecified atom stereocenters. The molecule has 0 aromatic carbocycles. The van der Waals surface area contributed by atoms with Crippen LogP contribution in [0.5, 0.6) is 0 Å². The highest BCUT2D eigenvalue weighted by atomic mass is 32.1. The lowest BCUT2D eigenvalue weighted by molar-refractivity contribution is 0.258. The number of hydrogen-bond acceptors (Lipinski definition) is 8. The van der Waals surface area contributed by atoms with Crippen molar-refractivity contribution in [3.8, 4) is 22.2 Å². The first-order valence-electron chi connectivity index (χ1n) is 8.53. The summed E-state index contributed by atoms with van der Waals surface area (Å²) < 4.78 is 11.2. The lowest BCUT2D eigenvalue weighted by atomic mass is 10.3. The van der Waals surface area contributed by atoms with E-state index in [0.717, 1.165) is 21.9 Å². The molecule has 0 amide bonds. The second kappa shape index (κ2) is 7.42. The summed E-state index contributed by atoms with van der Waals surface area (Å²) in [5.74, 6) is 2.58. The van der Waals surface area contributed by atoms with E-state index < -0.39 is 0 Å². The number of aromatic nitrogens is 4. The summed E-state index contributed by atoms with van der Waals surface area (Å²) in [5.41, 5.74) is 1.74. The monoisotopic (exact) mass is 381 g/mol. The fourth-order valence-corrected chi connectivity index (χ4v) is 3.50. The lowest BCUT2D eigenvalue weighted by Crippen LogP contribution is -2.18. The normalized spacial score (nSPS) is 11.4. The molecule has 0 spiro atoms. The van der Waals surface area contributed by atoms with Crippen molar-refractivity contribution < 1.29 is 8.94 Å². The molecule has 0 radical (unpaired) electrons. The Morgan fingerprint density at radius 3 is 2.74 bits per heavy atom. The van der Waals surface area contributed by atoms with Crippen molar-refractivity contribution in [1.82, 2.24) is 25.0 Å². The van der Waals surface area contributed by atoms with Gasteiger partial charge in [0.2, 0.25) is 17.6 Å². The maximum absolute atomic E-state index is 5.84. The van der Waals surface area contributed by atoms with Gasteiger partial charge in [-0.2, -0.15) is 4.98 Å². The molecule has 4 rings (SSSR count). The number of thiophene rings is 1. The van der Waals surface area contributed by atoms with Gasteiger partial charge < -0.3 is 8.94 Å². The highest BCUT2D eigenvalue weighted by Gasteiger charge is 2.16. The van der Waals surface area contributed by atoms with Crippen LogP contribution >= 0.6 is 11.3 Å². The number of oxazole rings is 1. The van der Waals surface area contributed by atoms with Crippen LogP contribution in [-0.4, -0.2) is 32.1 Å². The van der Waals surface area contributed by atoms with Crippen molar-refractivity contribution in [3.63, 3.8) is 0 Å². The third kappa shape index (κ3) is 3.96. The van der Waals surface area contributed by atoms with Gasteiger partial charge in [0, 0.05) is 29.4 Å². The van der Waals surface area contributed by atoms with Crippen LogP contribution in [0.25, 0.3) is 22.2 Å². The first-order valence-corrected chi connectivity index (χ1v) is 9.35. The van der Waals surface area contributed by atoms with E-state index in [1.165, 1.54) is 4.88 Å². The molecule has 0 atom stereocenters. The smallest absolute Gasteiger partial charge is 0.241 e. The summed E-state index contributed by atoms with van der Waals surface area (Å²) in [5, 5.41) is 4.02. The third-order valence-electron chi connectivity index (χ3n) is 4.06. The first kappa shape index (κ1) is 17.6. The molecule has 0 aliphatic heterocycles. The minimum atomic E-state index is 0.521. The molecule has 0 aliphatic carbocycles. The Morgan fingerprint density at radius 1 is 1.11 bits per heavy atom. The van der Waals surface area contributed by atoms with Gasteiger partial charge in [-0.3, -0.25) is 9.88 Å². The SMILES string of the molecule is Cc1ccc(-c2nc(CN(C)Cc3nc(-c4cccnc4)no3)c(C)o2)s1. The van der Waals surface area contributed by atoms with E-state index in [1.807, 2.05) is 32.2 Å². The van der Waals surface area contributed by atoms with E-state index in [4.69, 9.17) is 8.94 Å². The number of hydrogen-bond donors (Lipinski definition) is 0.